The molecule has 0 atom stereocenters. The predicted molar refractivity (Wildman–Crippen MR) is 78.2 cm³/mol. The molecule has 1 N–H and O–H groups in total. The van der Waals surface area contributed by atoms with Gasteiger partial charge in [0.25, 0.3) is 0 Å². The number of methoxy groups -OCH3 is 1. The molecule has 0 aliphatic carbocycles. The van der Waals surface area contributed by atoms with Crippen molar-refractivity contribution in [3.63, 3.8) is 0 Å². The smallest absolute Gasteiger partial charge is 0.378 e. The third-order valence-corrected chi connectivity index (χ3v) is 3.53. The second-order valence-electron chi connectivity index (χ2n) is 5.15. The van der Waals surface area contributed by atoms with Gasteiger partial charge in [0.05, 0.1) is 18.8 Å². The van der Waals surface area contributed by atoms with Crippen molar-refractivity contribution in [1.29, 1.82) is 0 Å². The molecule has 5 nitrogen and oxygen atoms in total. The second-order valence-corrected chi connectivity index (χ2v) is 5.15. The number of carbonyl (C=O) groups excluding carboxylic acids is 1. The first-order chi connectivity index (χ1) is 10.9. The Labute approximate surface area is 132 Å². The number of amides is 1. The van der Waals surface area contributed by atoms with Crippen molar-refractivity contribution in [3.8, 4) is 0 Å². The normalized spacial score (nSPS) is 15.6. The maximum Gasteiger partial charge on any atom is 0.416 e. The molecule has 1 aromatic carbocycles. The topological polar surface area (TPSA) is 50.8 Å². The highest BCUT2D eigenvalue weighted by Gasteiger charge is 2.34. The summed E-state index contributed by atoms with van der Waals surface area (Å²) < 4.78 is 49.7. The first kappa shape index (κ1) is 17.6. The number of hydrogen-bond acceptors (Lipinski definition) is 4. The van der Waals surface area contributed by atoms with Gasteiger partial charge in [-0.2, -0.15) is 13.2 Å². The monoisotopic (exact) mass is 332 g/mol. The summed E-state index contributed by atoms with van der Waals surface area (Å²) in [6, 6.07) is 4.17. The highest BCUT2D eigenvalue weighted by molar-refractivity contribution is 5.77. The van der Waals surface area contributed by atoms with Crippen molar-refractivity contribution in [3.05, 3.63) is 29.3 Å². The van der Waals surface area contributed by atoms with Gasteiger partial charge in [-0.15, -0.1) is 0 Å². The Kier molecular flexibility index (Phi) is 5.84. The van der Waals surface area contributed by atoms with Crippen molar-refractivity contribution in [2.24, 2.45) is 0 Å². The van der Waals surface area contributed by atoms with Crippen LogP contribution in [0.4, 0.5) is 18.9 Å². The summed E-state index contributed by atoms with van der Waals surface area (Å²) >= 11 is 0. The number of hydrogen-bond donors (Lipinski definition) is 1. The van der Waals surface area contributed by atoms with E-state index in [1.807, 2.05) is 4.90 Å². The number of rotatable bonds is 5. The zero-order valence-electron chi connectivity index (χ0n) is 12.8. The summed E-state index contributed by atoms with van der Waals surface area (Å²) in [5.74, 6) is -0.460. The molecule has 1 amide bonds. The van der Waals surface area contributed by atoms with Crippen LogP contribution in [0.25, 0.3) is 0 Å². The molecule has 1 aliphatic heterocycles. The SMILES string of the molecule is COCC(=O)NCc1ccc(N2CCOCC2)cc1C(F)(F)F. The van der Waals surface area contributed by atoms with E-state index in [0.29, 0.717) is 32.0 Å². The fourth-order valence-electron chi connectivity index (χ4n) is 2.38. The van der Waals surface area contributed by atoms with Gasteiger partial charge in [0, 0.05) is 32.4 Å². The fourth-order valence-corrected chi connectivity index (χ4v) is 2.38. The van der Waals surface area contributed by atoms with Crippen LogP contribution in [0.5, 0.6) is 0 Å². The lowest BCUT2D eigenvalue weighted by atomic mass is 10.0. The van der Waals surface area contributed by atoms with Gasteiger partial charge in [0.1, 0.15) is 6.61 Å². The highest BCUT2D eigenvalue weighted by atomic mass is 19.4. The lowest BCUT2D eigenvalue weighted by Crippen LogP contribution is -2.36. The van der Waals surface area contributed by atoms with Crippen LogP contribution in [0.2, 0.25) is 0 Å². The van der Waals surface area contributed by atoms with Crippen molar-refractivity contribution in [2.45, 2.75) is 12.7 Å². The second kappa shape index (κ2) is 7.65. The zero-order valence-corrected chi connectivity index (χ0v) is 12.8. The maximum atomic E-state index is 13.3. The molecule has 1 heterocycles. The van der Waals surface area contributed by atoms with E-state index in [0.717, 1.165) is 6.07 Å². The summed E-state index contributed by atoms with van der Waals surface area (Å²) in [6.45, 7) is 1.72. The Balaban J connectivity index is 2.19. The van der Waals surface area contributed by atoms with E-state index in [1.165, 1.54) is 13.2 Å². The van der Waals surface area contributed by atoms with E-state index < -0.39 is 17.6 Å². The van der Waals surface area contributed by atoms with Crippen LogP contribution >= 0.6 is 0 Å². The number of halogens is 3. The van der Waals surface area contributed by atoms with Gasteiger partial charge in [-0.25, -0.2) is 0 Å². The van der Waals surface area contributed by atoms with Crippen molar-refractivity contribution in [2.75, 3.05) is 44.9 Å². The molecule has 8 heteroatoms. The first-order valence-corrected chi connectivity index (χ1v) is 7.20. The molecular formula is C15H19F3N2O3. The van der Waals surface area contributed by atoms with Crippen LogP contribution in [0.3, 0.4) is 0 Å². The average molecular weight is 332 g/mol. The van der Waals surface area contributed by atoms with E-state index in [9.17, 15) is 18.0 Å². The lowest BCUT2D eigenvalue weighted by Gasteiger charge is -2.29. The molecule has 1 aromatic rings. The summed E-state index contributed by atoms with van der Waals surface area (Å²) in [5, 5.41) is 2.41. The van der Waals surface area contributed by atoms with E-state index >= 15 is 0 Å². The Morgan fingerprint density at radius 1 is 1.35 bits per heavy atom. The number of benzene rings is 1. The van der Waals surface area contributed by atoms with E-state index in [2.05, 4.69) is 10.1 Å². The molecule has 0 unspecified atom stereocenters. The Morgan fingerprint density at radius 2 is 2.04 bits per heavy atom. The van der Waals surface area contributed by atoms with E-state index in [4.69, 9.17) is 4.74 Å². The first-order valence-electron chi connectivity index (χ1n) is 7.20. The van der Waals surface area contributed by atoms with Crippen molar-refractivity contribution < 1.29 is 27.4 Å². The molecule has 0 aromatic heterocycles. The van der Waals surface area contributed by atoms with Gasteiger partial charge >= 0.3 is 6.18 Å². The third-order valence-electron chi connectivity index (χ3n) is 3.53. The molecule has 23 heavy (non-hydrogen) atoms. The number of morpholine rings is 1. The number of anilines is 1. The van der Waals surface area contributed by atoms with Crippen LogP contribution in [-0.4, -0.2) is 45.9 Å². The molecule has 1 aliphatic rings. The van der Waals surface area contributed by atoms with Gasteiger partial charge in [-0.3, -0.25) is 4.79 Å². The standard InChI is InChI=1S/C15H19F3N2O3/c1-22-10-14(21)19-9-11-2-3-12(8-13(11)15(16,17)18)20-4-6-23-7-5-20/h2-3,8H,4-7,9-10H2,1H3,(H,19,21). The highest BCUT2D eigenvalue weighted by Crippen LogP contribution is 2.34. The van der Waals surface area contributed by atoms with Crippen molar-refractivity contribution >= 4 is 11.6 Å². The molecule has 1 fully saturated rings. The number of nitrogens with zero attached hydrogens (tertiary/aromatic N) is 1. The largest absolute Gasteiger partial charge is 0.416 e. The molecule has 128 valence electrons. The van der Waals surface area contributed by atoms with Gasteiger partial charge in [-0.05, 0) is 17.7 Å². The minimum absolute atomic E-state index is 0.0268. The summed E-state index contributed by atoms with van der Waals surface area (Å²) in [7, 11) is 1.35. The quantitative estimate of drug-likeness (QED) is 0.893. The maximum absolute atomic E-state index is 13.3. The summed E-state index contributed by atoms with van der Waals surface area (Å²) in [4.78, 5) is 13.2. The van der Waals surface area contributed by atoms with E-state index in [-0.39, 0.29) is 18.7 Å². The summed E-state index contributed by atoms with van der Waals surface area (Å²) in [6.07, 6.45) is -4.48. The third kappa shape index (κ3) is 4.84. The summed E-state index contributed by atoms with van der Waals surface area (Å²) in [5.41, 5.74) is -0.203. The number of carbonyl (C=O) groups is 1. The van der Waals surface area contributed by atoms with Gasteiger partial charge in [0.15, 0.2) is 0 Å². The van der Waals surface area contributed by atoms with Gasteiger partial charge in [-0.1, -0.05) is 6.07 Å². The zero-order chi connectivity index (χ0) is 16.9. The Hall–Kier alpha value is -1.80. The van der Waals surface area contributed by atoms with Crippen molar-refractivity contribution in [1.82, 2.24) is 5.32 Å². The molecule has 0 spiro atoms. The fraction of sp³-hybridized carbons (Fsp3) is 0.533. The van der Waals surface area contributed by atoms with E-state index in [1.54, 1.807) is 6.07 Å². The van der Waals surface area contributed by atoms with Crippen LogP contribution in [0.1, 0.15) is 11.1 Å². The molecule has 2 rings (SSSR count). The lowest BCUT2D eigenvalue weighted by molar-refractivity contribution is -0.138. The van der Waals surface area contributed by atoms with Gasteiger partial charge < -0.3 is 19.7 Å². The van der Waals surface area contributed by atoms with Crippen LogP contribution in [0, 0.1) is 0 Å². The predicted octanol–water partition coefficient (Wildman–Crippen LogP) is 1.80. The minimum atomic E-state index is -4.48. The van der Waals surface area contributed by atoms with Crippen LogP contribution in [0.15, 0.2) is 18.2 Å². The number of alkyl halides is 3. The molecule has 0 radical (unpaired) electrons. The molecule has 0 saturated carbocycles. The average Bonchev–Trinajstić information content (AvgIpc) is 2.53. The number of nitrogens with one attached hydrogen (secondary N) is 1. The Morgan fingerprint density at radius 3 is 2.65 bits per heavy atom. The van der Waals surface area contributed by atoms with Crippen LogP contribution in [-0.2, 0) is 27.0 Å². The molecular weight excluding hydrogens is 313 g/mol. The van der Waals surface area contributed by atoms with Gasteiger partial charge in [0.2, 0.25) is 5.91 Å². The molecule has 0 bridgehead atoms. The number of ether oxygens (including phenoxy) is 2. The van der Waals surface area contributed by atoms with Crippen LogP contribution < -0.4 is 10.2 Å². The molecule has 1 saturated heterocycles. The minimum Gasteiger partial charge on any atom is -0.378 e. The Bertz CT molecular complexity index is 543.